The molecule has 29 heavy (non-hydrogen) atoms. The number of benzene rings is 1. The first kappa shape index (κ1) is 18.8. The molecule has 4 amide bonds. The van der Waals surface area contributed by atoms with Crippen molar-refractivity contribution in [2.24, 2.45) is 5.92 Å². The highest BCUT2D eigenvalue weighted by molar-refractivity contribution is 6.26. The fourth-order valence-corrected chi connectivity index (χ4v) is 3.86. The van der Waals surface area contributed by atoms with E-state index in [1.54, 1.807) is 12.1 Å². The van der Waals surface area contributed by atoms with Gasteiger partial charge < -0.3 is 9.84 Å². The van der Waals surface area contributed by atoms with Crippen molar-refractivity contribution in [2.75, 3.05) is 0 Å². The highest BCUT2D eigenvalue weighted by atomic mass is 16.5. The number of esters is 1. The van der Waals surface area contributed by atoms with Crippen molar-refractivity contribution in [3.05, 3.63) is 59.4 Å². The van der Waals surface area contributed by atoms with Gasteiger partial charge in [-0.3, -0.25) is 34.2 Å². The molecule has 3 atom stereocenters. The maximum Gasteiger partial charge on any atom is 0.313 e. The second-order valence-corrected chi connectivity index (χ2v) is 7.02. The molecule has 1 saturated heterocycles. The van der Waals surface area contributed by atoms with Crippen LogP contribution in [-0.4, -0.2) is 51.2 Å². The van der Waals surface area contributed by atoms with Gasteiger partial charge in [-0.2, -0.15) is 0 Å². The van der Waals surface area contributed by atoms with E-state index in [4.69, 9.17) is 4.74 Å². The first-order chi connectivity index (χ1) is 13.8. The average Bonchev–Trinajstić information content (AvgIpc) is 3.07. The lowest BCUT2D eigenvalue weighted by Crippen LogP contribution is -2.59. The number of hydrogen-bond acceptors (Lipinski definition) is 7. The summed E-state index contributed by atoms with van der Waals surface area (Å²) < 4.78 is 5.22. The van der Waals surface area contributed by atoms with E-state index in [9.17, 15) is 29.1 Å². The number of nitrogens with zero attached hydrogens (tertiary/aromatic N) is 1. The zero-order chi connectivity index (χ0) is 20.9. The monoisotopic (exact) mass is 396 g/mol. The van der Waals surface area contributed by atoms with Crippen molar-refractivity contribution in [1.29, 1.82) is 0 Å². The van der Waals surface area contributed by atoms with Crippen molar-refractivity contribution in [1.82, 2.24) is 10.2 Å². The largest absolute Gasteiger partial charge is 0.430 e. The number of rotatable bonds is 4. The zero-order valence-corrected chi connectivity index (χ0v) is 15.2. The highest BCUT2D eigenvalue weighted by Crippen LogP contribution is 2.43. The number of carbonyl (C=O) groups is 5. The number of carbonyl (C=O) groups excluding carboxylic acids is 5. The summed E-state index contributed by atoms with van der Waals surface area (Å²) in [4.78, 5) is 64.2. The summed E-state index contributed by atoms with van der Waals surface area (Å²) in [6.45, 7) is 1.39. The van der Waals surface area contributed by atoms with Crippen LogP contribution in [0.15, 0.2) is 48.3 Å². The summed E-state index contributed by atoms with van der Waals surface area (Å²) in [6, 6.07) is 6.09. The molecule has 1 aromatic carbocycles. The summed E-state index contributed by atoms with van der Waals surface area (Å²) in [5, 5.41) is 11.5. The number of fused-ring (bicyclic) bond motifs is 2. The molecule has 2 N–H and O–H groups in total. The van der Waals surface area contributed by atoms with E-state index in [0.717, 1.165) is 4.90 Å². The number of imide groups is 2. The number of hydrogen-bond donors (Lipinski definition) is 2. The third kappa shape index (κ3) is 2.62. The minimum atomic E-state index is -1.99. The van der Waals surface area contributed by atoms with Crippen LogP contribution in [0.4, 0.5) is 0 Å². The second kappa shape index (κ2) is 6.49. The molecule has 1 aliphatic carbocycles. The Hall–Kier alpha value is -3.59. The van der Waals surface area contributed by atoms with Crippen molar-refractivity contribution in [2.45, 2.75) is 25.0 Å². The third-order valence-electron chi connectivity index (χ3n) is 5.06. The molecule has 1 fully saturated rings. The van der Waals surface area contributed by atoms with Crippen LogP contribution in [-0.2, 0) is 19.1 Å². The van der Waals surface area contributed by atoms with Crippen LogP contribution in [0.5, 0.6) is 0 Å². The highest BCUT2D eigenvalue weighted by Gasteiger charge is 2.65. The predicted octanol–water partition coefficient (Wildman–Crippen LogP) is 0.0618. The Bertz CT molecular complexity index is 1000. The number of aliphatic hydroxyl groups is 1. The van der Waals surface area contributed by atoms with Gasteiger partial charge in [0.1, 0.15) is 11.7 Å². The average molecular weight is 396 g/mol. The standard InChI is InChI=1S/C20H16N2O7/c1-10(23)9-14(24)29-13-7-4-8-20(15(13)16(25)21-19(20)28)22-17(26)11-5-2-3-6-12(11)18(22)27/h2-8,10,15,23H,9H2,1H3,(H,21,25,28). The van der Waals surface area contributed by atoms with Crippen LogP contribution in [0.2, 0.25) is 0 Å². The fraction of sp³-hybridized carbons (Fsp3) is 0.250. The van der Waals surface area contributed by atoms with Crippen molar-refractivity contribution in [3.8, 4) is 0 Å². The SMILES string of the molecule is CC(O)CC(=O)OC1=CC=CC2(N3C(=O)c4ccccc4C3=O)C(=O)NC(=O)C12. The van der Waals surface area contributed by atoms with Crippen LogP contribution in [0, 0.1) is 5.92 Å². The minimum Gasteiger partial charge on any atom is -0.430 e. The molecule has 0 saturated carbocycles. The Labute approximate surface area is 164 Å². The first-order valence-corrected chi connectivity index (χ1v) is 8.88. The number of amides is 4. The molecule has 0 aromatic heterocycles. The number of ether oxygens (including phenoxy) is 1. The van der Waals surface area contributed by atoms with E-state index in [2.05, 4.69) is 5.32 Å². The maximum atomic E-state index is 13.0. The number of nitrogens with one attached hydrogen (secondary N) is 1. The molecular formula is C20H16N2O7. The zero-order valence-electron chi connectivity index (χ0n) is 15.2. The fourth-order valence-electron chi connectivity index (χ4n) is 3.86. The van der Waals surface area contributed by atoms with Crippen LogP contribution in [0.1, 0.15) is 34.1 Å². The Kier molecular flexibility index (Phi) is 4.20. The van der Waals surface area contributed by atoms with Gasteiger partial charge in [0.25, 0.3) is 17.7 Å². The van der Waals surface area contributed by atoms with Gasteiger partial charge in [-0.05, 0) is 31.2 Å². The van der Waals surface area contributed by atoms with Gasteiger partial charge in [0.2, 0.25) is 5.91 Å². The van der Waals surface area contributed by atoms with E-state index in [1.165, 1.54) is 37.3 Å². The molecule has 2 heterocycles. The summed E-state index contributed by atoms with van der Waals surface area (Å²) in [6.07, 6.45) is 2.65. The third-order valence-corrected chi connectivity index (χ3v) is 5.06. The van der Waals surface area contributed by atoms with Crippen LogP contribution in [0.25, 0.3) is 0 Å². The summed E-state index contributed by atoms with van der Waals surface area (Å²) in [7, 11) is 0. The van der Waals surface area contributed by atoms with Crippen LogP contribution >= 0.6 is 0 Å². The van der Waals surface area contributed by atoms with Gasteiger partial charge in [-0.1, -0.05) is 18.2 Å². The van der Waals surface area contributed by atoms with Gasteiger partial charge in [-0.25, -0.2) is 0 Å². The van der Waals surface area contributed by atoms with E-state index < -0.39 is 47.2 Å². The molecule has 148 valence electrons. The van der Waals surface area contributed by atoms with Crippen LogP contribution < -0.4 is 5.32 Å². The van der Waals surface area contributed by atoms with Gasteiger partial charge in [-0.15, -0.1) is 0 Å². The van der Waals surface area contributed by atoms with Gasteiger partial charge in [0.05, 0.1) is 23.7 Å². The van der Waals surface area contributed by atoms with E-state index in [1.807, 2.05) is 0 Å². The smallest absolute Gasteiger partial charge is 0.313 e. The summed E-state index contributed by atoms with van der Waals surface area (Å²) >= 11 is 0. The quantitative estimate of drug-likeness (QED) is 0.544. The van der Waals surface area contributed by atoms with Crippen molar-refractivity contribution >= 4 is 29.6 Å². The molecular weight excluding hydrogens is 380 g/mol. The normalized spacial score (nSPS) is 26.1. The van der Waals surface area contributed by atoms with Gasteiger partial charge in [0.15, 0.2) is 5.54 Å². The molecule has 4 rings (SSSR count). The molecule has 3 aliphatic rings. The Morgan fingerprint density at radius 3 is 2.41 bits per heavy atom. The second-order valence-electron chi connectivity index (χ2n) is 7.02. The molecule has 1 aromatic rings. The molecule has 2 aliphatic heterocycles. The van der Waals surface area contributed by atoms with Gasteiger partial charge >= 0.3 is 5.97 Å². The molecule has 9 heteroatoms. The maximum absolute atomic E-state index is 13.0. The lowest BCUT2D eigenvalue weighted by atomic mass is 9.79. The first-order valence-electron chi connectivity index (χ1n) is 8.88. The molecule has 0 radical (unpaired) electrons. The summed E-state index contributed by atoms with van der Waals surface area (Å²) in [5.41, 5.74) is -1.75. The Morgan fingerprint density at radius 1 is 1.21 bits per heavy atom. The van der Waals surface area contributed by atoms with Gasteiger partial charge in [0, 0.05) is 0 Å². The molecule has 9 nitrogen and oxygen atoms in total. The summed E-state index contributed by atoms with van der Waals surface area (Å²) in [5.74, 6) is -5.52. The van der Waals surface area contributed by atoms with E-state index in [-0.39, 0.29) is 23.3 Å². The molecule has 0 bridgehead atoms. The van der Waals surface area contributed by atoms with Crippen LogP contribution in [0.3, 0.4) is 0 Å². The molecule has 0 spiro atoms. The van der Waals surface area contributed by atoms with Crippen molar-refractivity contribution < 1.29 is 33.8 Å². The van der Waals surface area contributed by atoms with Crippen molar-refractivity contribution in [3.63, 3.8) is 0 Å². The predicted molar refractivity (Wildman–Crippen MR) is 95.9 cm³/mol. The topological polar surface area (TPSA) is 130 Å². The van der Waals surface area contributed by atoms with E-state index >= 15 is 0 Å². The van der Waals surface area contributed by atoms with E-state index in [0.29, 0.717) is 0 Å². The molecule has 3 unspecified atom stereocenters. The lowest BCUT2D eigenvalue weighted by Gasteiger charge is -2.37. The Balaban J connectivity index is 1.77. The minimum absolute atomic E-state index is 0.119. The Morgan fingerprint density at radius 2 is 1.83 bits per heavy atom. The number of allylic oxidation sites excluding steroid dienone is 2. The lowest BCUT2D eigenvalue weighted by molar-refractivity contribution is -0.143. The number of aliphatic hydroxyl groups excluding tert-OH is 1.